The number of piperidine rings is 1. The van der Waals surface area contributed by atoms with E-state index in [-0.39, 0.29) is 35.8 Å². The van der Waals surface area contributed by atoms with E-state index in [0.717, 1.165) is 55.8 Å². The molecular formula is C20H29ClN2O3. The minimum atomic E-state index is 0. The molecule has 4 rings (SSSR count). The molecule has 2 aliphatic heterocycles. The number of amides is 1. The smallest absolute Gasteiger partial charge is 0.223 e. The minimum Gasteiger partial charge on any atom is -0.494 e. The van der Waals surface area contributed by atoms with Crippen molar-refractivity contribution in [1.29, 1.82) is 0 Å². The van der Waals surface area contributed by atoms with Crippen LogP contribution >= 0.6 is 12.4 Å². The van der Waals surface area contributed by atoms with Crippen LogP contribution in [0.25, 0.3) is 0 Å². The van der Waals surface area contributed by atoms with Gasteiger partial charge in [0.1, 0.15) is 17.6 Å². The summed E-state index contributed by atoms with van der Waals surface area (Å²) in [5, 5.41) is 6.52. The Hall–Kier alpha value is -1.46. The van der Waals surface area contributed by atoms with Gasteiger partial charge in [-0.2, -0.15) is 0 Å². The van der Waals surface area contributed by atoms with Crippen LogP contribution in [-0.4, -0.2) is 31.7 Å². The molecule has 6 heteroatoms. The lowest BCUT2D eigenvalue weighted by atomic mass is 9.92. The van der Waals surface area contributed by atoms with Crippen molar-refractivity contribution < 1.29 is 14.3 Å². The predicted molar refractivity (Wildman–Crippen MR) is 103 cm³/mol. The molecule has 2 N–H and O–H groups in total. The second kappa shape index (κ2) is 7.65. The van der Waals surface area contributed by atoms with Crippen LogP contribution in [0.4, 0.5) is 0 Å². The van der Waals surface area contributed by atoms with Gasteiger partial charge in [-0.1, -0.05) is 0 Å². The van der Waals surface area contributed by atoms with Crippen molar-refractivity contribution in [3.05, 3.63) is 23.3 Å². The summed E-state index contributed by atoms with van der Waals surface area (Å²) in [7, 11) is 0. The zero-order valence-electron chi connectivity index (χ0n) is 15.6. The van der Waals surface area contributed by atoms with Crippen molar-refractivity contribution in [2.75, 3.05) is 19.7 Å². The number of hydrogen-bond acceptors (Lipinski definition) is 4. The molecule has 0 bridgehead atoms. The molecule has 1 saturated carbocycles. The molecule has 144 valence electrons. The summed E-state index contributed by atoms with van der Waals surface area (Å²) in [5.41, 5.74) is 2.47. The summed E-state index contributed by atoms with van der Waals surface area (Å²) in [5.74, 6) is 2.18. The third kappa shape index (κ3) is 3.65. The van der Waals surface area contributed by atoms with Crippen molar-refractivity contribution in [1.82, 2.24) is 10.6 Å². The molecule has 0 radical (unpaired) electrons. The fraction of sp³-hybridized carbons (Fsp3) is 0.650. The molecule has 2 fully saturated rings. The maximum absolute atomic E-state index is 12.6. The molecule has 1 amide bonds. The molecule has 1 aromatic rings. The fourth-order valence-electron chi connectivity index (χ4n) is 4.41. The molecule has 1 aromatic carbocycles. The zero-order chi connectivity index (χ0) is 17.4. The highest BCUT2D eigenvalue weighted by Crippen LogP contribution is 2.58. The Morgan fingerprint density at radius 2 is 2.15 bits per heavy atom. The normalized spacial score (nSPS) is 25.0. The highest BCUT2D eigenvalue weighted by Gasteiger charge is 2.57. The number of ether oxygens (including phenoxy) is 2. The number of halogens is 1. The van der Waals surface area contributed by atoms with Gasteiger partial charge < -0.3 is 20.1 Å². The van der Waals surface area contributed by atoms with E-state index in [2.05, 4.69) is 23.6 Å². The van der Waals surface area contributed by atoms with Gasteiger partial charge in [-0.3, -0.25) is 4.79 Å². The molecule has 2 atom stereocenters. The van der Waals surface area contributed by atoms with Gasteiger partial charge in [0.25, 0.3) is 0 Å². The van der Waals surface area contributed by atoms with Crippen molar-refractivity contribution in [3.63, 3.8) is 0 Å². The van der Waals surface area contributed by atoms with Gasteiger partial charge in [-0.15, -0.1) is 12.4 Å². The standard InChI is InChI=1S/C20H28N2O3.ClH/c1-3-24-17-9-14-8-13(2)25-18(14)10-15(17)12-22-19(23)16-11-20(16)4-6-21-7-5-20;/h9-10,13,16,21H,3-8,11-12H2,1-2H3,(H,22,23);1H. The highest BCUT2D eigenvalue weighted by molar-refractivity contribution is 5.85. The lowest BCUT2D eigenvalue weighted by molar-refractivity contribution is -0.123. The van der Waals surface area contributed by atoms with Crippen LogP contribution < -0.4 is 20.1 Å². The van der Waals surface area contributed by atoms with Crippen molar-refractivity contribution in [3.8, 4) is 11.5 Å². The van der Waals surface area contributed by atoms with Crippen LogP contribution in [0.15, 0.2) is 12.1 Å². The Kier molecular flexibility index (Phi) is 5.68. The van der Waals surface area contributed by atoms with Gasteiger partial charge in [0.2, 0.25) is 5.91 Å². The third-order valence-corrected chi connectivity index (χ3v) is 5.94. The Morgan fingerprint density at radius 3 is 2.88 bits per heavy atom. The first-order valence-corrected chi connectivity index (χ1v) is 9.55. The SMILES string of the molecule is CCOc1cc2c(cc1CNC(=O)C1CC13CCNCC3)OC(C)C2.Cl. The Balaban J connectivity index is 0.00000196. The van der Waals surface area contributed by atoms with Gasteiger partial charge in [0.05, 0.1) is 6.61 Å². The largest absolute Gasteiger partial charge is 0.494 e. The highest BCUT2D eigenvalue weighted by atomic mass is 35.5. The second-order valence-electron chi connectivity index (χ2n) is 7.72. The maximum Gasteiger partial charge on any atom is 0.223 e. The van der Waals surface area contributed by atoms with E-state index < -0.39 is 0 Å². The number of carbonyl (C=O) groups excluding carboxylic acids is 1. The summed E-state index contributed by atoms with van der Waals surface area (Å²) in [6.07, 6.45) is 4.42. The monoisotopic (exact) mass is 380 g/mol. The summed E-state index contributed by atoms with van der Waals surface area (Å²) in [4.78, 5) is 12.6. The maximum atomic E-state index is 12.6. The lowest BCUT2D eigenvalue weighted by Gasteiger charge is -2.23. The molecule has 1 saturated heterocycles. The van der Waals surface area contributed by atoms with Crippen LogP contribution in [0.1, 0.15) is 44.2 Å². The van der Waals surface area contributed by atoms with E-state index in [1.54, 1.807) is 0 Å². The van der Waals surface area contributed by atoms with Crippen molar-refractivity contribution >= 4 is 18.3 Å². The van der Waals surface area contributed by atoms with E-state index in [9.17, 15) is 4.79 Å². The molecule has 1 spiro atoms. The van der Waals surface area contributed by atoms with Crippen LogP contribution in [0.5, 0.6) is 11.5 Å². The van der Waals surface area contributed by atoms with Crippen LogP contribution in [0.3, 0.4) is 0 Å². The number of nitrogens with one attached hydrogen (secondary N) is 2. The summed E-state index contributed by atoms with van der Waals surface area (Å²) < 4.78 is 11.7. The first-order valence-electron chi connectivity index (χ1n) is 9.55. The molecule has 3 aliphatic rings. The van der Waals surface area contributed by atoms with Crippen molar-refractivity contribution in [2.45, 2.75) is 52.2 Å². The number of rotatable bonds is 5. The number of benzene rings is 1. The summed E-state index contributed by atoms with van der Waals surface area (Å²) in [6.45, 7) is 7.27. The molecule has 5 nitrogen and oxygen atoms in total. The van der Waals surface area contributed by atoms with Gasteiger partial charge in [-0.05, 0) is 63.7 Å². The fourth-order valence-corrected chi connectivity index (χ4v) is 4.41. The second-order valence-corrected chi connectivity index (χ2v) is 7.72. The Labute approximate surface area is 161 Å². The van der Waals surface area contributed by atoms with E-state index in [1.807, 2.05) is 13.0 Å². The van der Waals surface area contributed by atoms with Gasteiger partial charge in [0, 0.05) is 30.0 Å². The van der Waals surface area contributed by atoms with Crippen LogP contribution in [0.2, 0.25) is 0 Å². The average molecular weight is 381 g/mol. The number of carbonyl (C=O) groups is 1. The van der Waals surface area contributed by atoms with Gasteiger partial charge in [-0.25, -0.2) is 0 Å². The molecular weight excluding hydrogens is 352 g/mol. The van der Waals surface area contributed by atoms with E-state index in [1.165, 1.54) is 5.56 Å². The van der Waals surface area contributed by atoms with E-state index >= 15 is 0 Å². The quantitative estimate of drug-likeness (QED) is 0.824. The summed E-state index contributed by atoms with van der Waals surface area (Å²) in [6, 6.07) is 4.12. The first-order chi connectivity index (χ1) is 12.1. The van der Waals surface area contributed by atoms with Crippen LogP contribution in [-0.2, 0) is 17.8 Å². The van der Waals surface area contributed by atoms with Gasteiger partial charge in [0.15, 0.2) is 0 Å². The van der Waals surface area contributed by atoms with Gasteiger partial charge >= 0.3 is 0 Å². The van der Waals surface area contributed by atoms with Crippen molar-refractivity contribution in [2.24, 2.45) is 11.3 Å². The molecule has 1 aliphatic carbocycles. The molecule has 0 aromatic heterocycles. The van der Waals surface area contributed by atoms with E-state index in [4.69, 9.17) is 9.47 Å². The Morgan fingerprint density at radius 1 is 1.38 bits per heavy atom. The molecule has 2 unspecified atom stereocenters. The predicted octanol–water partition coefficient (Wildman–Crippen LogP) is 2.84. The molecule has 2 heterocycles. The average Bonchev–Trinajstić information content (AvgIpc) is 3.16. The summed E-state index contributed by atoms with van der Waals surface area (Å²) >= 11 is 0. The van der Waals surface area contributed by atoms with Crippen LogP contribution in [0, 0.1) is 11.3 Å². The minimum absolute atomic E-state index is 0. The Bertz CT molecular complexity index is 673. The lowest BCUT2D eigenvalue weighted by Crippen LogP contribution is -2.33. The zero-order valence-corrected chi connectivity index (χ0v) is 16.4. The molecule has 26 heavy (non-hydrogen) atoms. The van der Waals surface area contributed by atoms with E-state index in [0.29, 0.717) is 13.2 Å². The number of fused-ring (bicyclic) bond motifs is 1. The third-order valence-electron chi connectivity index (χ3n) is 5.94. The number of hydrogen-bond donors (Lipinski definition) is 2. The topological polar surface area (TPSA) is 59.6 Å². The first kappa shape index (κ1) is 19.3.